The number of carbonyl (C=O) groups excluding carboxylic acids is 1. The predicted octanol–water partition coefficient (Wildman–Crippen LogP) is 3.16. The fourth-order valence-corrected chi connectivity index (χ4v) is 2.38. The number of amides is 1. The molecule has 0 spiro atoms. The molecule has 5 nitrogen and oxygen atoms in total. The van der Waals surface area contributed by atoms with Crippen molar-refractivity contribution in [2.45, 2.75) is 13.1 Å². The molecule has 1 aromatic heterocycles. The summed E-state index contributed by atoms with van der Waals surface area (Å²) < 4.78 is 18.4. The van der Waals surface area contributed by atoms with Gasteiger partial charge in [-0.05, 0) is 35.9 Å². The van der Waals surface area contributed by atoms with Crippen molar-refractivity contribution in [1.29, 1.82) is 0 Å². The van der Waals surface area contributed by atoms with Crippen LogP contribution < -0.4 is 4.74 Å². The number of aromatic nitrogens is 2. The van der Waals surface area contributed by atoms with Crippen LogP contribution in [0.4, 0.5) is 4.39 Å². The lowest BCUT2D eigenvalue weighted by molar-refractivity contribution is -0.134. The maximum Gasteiger partial charge on any atom is 0.261 e. The van der Waals surface area contributed by atoms with Gasteiger partial charge in [0.15, 0.2) is 6.61 Å². The molecule has 0 saturated carbocycles. The van der Waals surface area contributed by atoms with E-state index in [1.54, 1.807) is 11.1 Å². The first-order valence-corrected chi connectivity index (χ1v) is 7.89. The normalized spacial score (nSPS) is 10.4. The van der Waals surface area contributed by atoms with E-state index in [9.17, 15) is 9.18 Å². The summed E-state index contributed by atoms with van der Waals surface area (Å²) in [6, 6.07) is 17.2. The van der Waals surface area contributed by atoms with Crippen molar-refractivity contribution >= 4 is 5.91 Å². The van der Waals surface area contributed by atoms with E-state index in [0.717, 1.165) is 11.3 Å². The van der Waals surface area contributed by atoms with E-state index in [1.807, 2.05) is 36.4 Å². The minimum atomic E-state index is -0.344. The quantitative estimate of drug-likeness (QED) is 0.719. The first kappa shape index (κ1) is 16.7. The molecule has 0 aliphatic heterocycles. The second kappa shape index (κ2) is 8.10. The molecule has 0 atom stereocenters. The van der Waals surface area contributed by atoms with Gasteiger partial charge in [-0.2, -0.15) is 5.10 Å². The number of benzene rings is 2. The fraction of sp³-hybridized carbons (Fsp3) is 0.158. The number of ether oxygens (including phenoxy) is 1. The number of nitrogens with one attached hydrogen (secondary N) is 1. The molecule has 25 heavy (non-hydrogen) atoms. The maximum absolute atomic E-state index is 12.9. The standard InChI is InChI=1S/C19H18FN3O2/c20-16-6-8-18(9-7-16)25-14-19(24)23(13-17-10-11-21-22-17)12-15-4-2-1-3-5-15/h1-11H,12-14H2,(H,21,22). The summed E-state index contributed by atoms with van der Waals surface area (Å²) in [5, 5.41) is 6.78. The van der Waals surface area contributed by atoms with E-state index in [0.29, 0.717) is 18.8 Å². The zero-order valence-corrected chi connectivity index (χ0v) is 13.6. The summed E-state index contributed by atoms with van der Waals surface area (Å²) in [6.45, 7) is 0.749. The van der Waals surface area contributed by atoms with Crippen LogP contribution in [-0.4, -0.2) is 27.6 Å². The third-order valence-corrected chi connectivity index (χ3v) is 3.66. The van der Waals surface area contributed by atoms with Gasteiger partial charge in [0.25, 0.3) is 5.91 Å². The molecule has 1 amide bonds. The Bertz CT molecular complexity index is 789. The highest BCUT2D eigenvalue weighted by atomic mass is 19.1. The van der Waals surface area contributed by atoms with E-state index in [1.165, 1.54) is 24.3 Å². The summed E-state index contributed by atoms with van der Waals surface area (Å²) in [6.07, 6.45) is 1.65. The van der Waals surface area contributed by atoms with Crippen LogP contribution in [0, 0.1) is 5.82 Å². The Kier molecular flexibility index (Phi) is 5.41. The number of halogens is 1. The van der Waals surface area contributed by atoms with E-state index < -0.39 is 0 Å². The van der Waals surface area contributed by atoms with Gasteiger partial charge >= 0.3 is 0 Å². The van der Waals surface area contributed by atoms with E-state index in [4.69, 9.17) is 4.74 Å². The molecule has 0 aliphatic carbocycles. The monoisotopic (exact) mass is 339 g/mol. The summed E-state index contributed by atoms with van der Waals surface area (Å²) in [7, 11) is 0. The van der Waals surface area contributed by atoms with E-state index >= 15 is 0 Å². The first-order chi connectivity index (χ1) is 12.2. The molecule has 128 valence electrons. The number of carbonyl (C=O) groups is 1. The molecule has 6 heteroatoms. The molecule has 1 N–H and O–H groups in total. The van der Waals surface area contributed by atoms with Crippen LogP contribution in [0.3, 0.4) is 0 Å². The van der Waals surface area contributed by atoms with Gasteiger partial charge in [0.05, 0.1) is 12.2 Å². The van der Waals surface area contributed by atoms with Crippen molar-refractivity contribution in [3.05, 3.63) is 83.9 Å². The van der Waals surface area contributed by atoms with Gasteiger partial charge in [-0.3, -0.25) is 9.89 Å². The summed E-state index contributed by atoms with van der Waals surface area (Å²) in [4.78, 5) is 14.3. The number of H-pyrrole nitrogens is 1. The summed E-state index contributed by atoms with van der Waals surface area (Å²) in [5.74, 6) is -0.0534. The van der Waals surface area contributed by atoms with Crippen molar-refractivity contribution in [3.63, 3.8) is 0 Å². The second-order valence-corrected chi connectivity index (χ2v) is 5.56. The minimum Gasteiger partial charge on any atom is -0.484 e. The van der Waals surface area contributed by atoms with Crippen LogP contribution in [0.15, 0.2) is 66.9 Å². The van der Waals surface area contributed by atoms with Crippen LogP contribution in [0.25, 0.3) is 0 Å². The average molecular weight is 339 g/mol. The zero-order chi connectivity index (χ0) is 17.5. The highest BCUT2D eigenvalue weighted by Crippen LogP contribution is 2.13. The first-order valence-electron chi connectivity index (χ1n) is 7.89. The lowest BCUT2D eigenvalue weighted by atomic mass is 10.2. The van der Waals surface area contributed by atoms with Crippen LogP contribution in [0.2, 0.25) is 0 Å². The van der Waals surface area contributed by atoms with Gasteiger partial charge in [-0.25, -0.2) is 4.39 Å². The van der Waals surface area contributed by atoms with E-state index in [2.05, 4.69) is 10.2 Å². The van der Waals surface area contributed by atoms with Gasteiger partial charge in [-0.1, -0.05) is 30.3 Å². The third-order valence-electron chi connectivity index (χ3n) is 3.66. The highest BCUT2D eigenvalue weighted by Gasteiger charge is 2.16. The van der Waals surface area contributed by atoms with Gasteiger partial charge in [0.2, 0.25) is 0 Å². The number of hydrogen-bond acceptors (Lipinski definition) is 3. The fourth-order valence-electron chi connectivity index (χ4n) is 2.38. The molecular weight excluding hydrogens is 321 g/mol. The Balaban J connectivity index is 1.66. The number of aromatic amines is 1. The van der Waals surface area contributed by atoms with Gasteiger partial charge in [0.1, 0.15) is 11.6 Å². The average Bonchev–Trinajstić information content (AvgIpc) is 3.14. The zero-order valence-electron chi connectivity index (χ0n) is 13.6. The van der Waals surface area contributed by atoms with Crippen molar-refractivity contribution in [1.82, 2.24) is 15.1 Å². The van der Waals surface area contributed by atoms with Gasteiger partial charge < -0.3 is 9.64 Å². The lowest BCUT2D eigenvalue weighted by Crippen LogP contribution is -2.34. The number of hydrogen-bond donors (Lipinski definition) is 1. The molecular formula is C19H18FN3O2. The Morgan fingerprint density at radius 2 is 1.80 bits per heavy atom. The second-order valence-electron chi connectivity index (χ2n) is 5.56. The number of rotatable bonds is 7. The smallest absolute Gasteiger partial charge is 0.261 e. The highest BCUT2D eigenvalue weighted by molar-refractivity contribution is 5.77. The largest absolute Gasteiger partial charge is 0.484 e. The molecule has 0 aliphatic rings. The van der Waals surface area contributed by atoms with Crippen LogP contribution in [-0.2, 0) is 17.9 Å². The lowest BCUT2D eigenvalue weighted by Gasteiger charge is -2.22. The SMILES string of the molecule is O=C(COc1ccc(F)cc1)N(Cc1ccccc1)Cc1ccn[nH]1. The summed E-state index contributed by atoms with van der Waals surface area (Å²) in [5.41, 5.74) is 1.86. The van der Waals surface area contributed by atoms with Gasteiger partial charge in [0, 0.05) is 12.7 Å². The molecule has 3 aromatic rings. The van der Waals surface area contributed by atoms with Crippen molar-refractivity contribution in [2.24, 2.45) is 0 Å². The molecule has 0 fully saturated rings. The maximum atomic E-state index is 12.9. The molecule has 0 radical (unpaired) electrons. The topological polar surface area (TPSA) is 58.2 Å². The Morgan fingerprint density at radius 3 is 2.48 bits per heavy atom. The molecule has 0 saturated heterocycles. The van der Waals surface area contributed by atoms with Crippen molar-refractivity contribution in [3.8, 4) is 5.75 Å². The molecule has 2 aromatic carbocycles. The van der Waals surface area contributed by atoms with Crippen LogP contribution in [0.1, 0.15) is 11.3 Å². The minimum absolute atomic E-state index is 0.118. The van der Waals surface area contributed by atoms with Crippen LogP contribution in [0.5, 0.6) is 5.75 Å². The third kappa shape index (κ3) is 4.91. The summed E-state index contributed by atoms with van der Waals surface area (Å²) >= 11 is 0. The van der Waals surface area contributed by atoms with Crippen molar-refractivity contribution < 1.29 is 13.9 Å². The molecule has 3 rings (SSSR count). The number of nitrogens with zero attached hydrogens (tertiary/aromatic N) is 2. The molecule has 1 heterocycles. The Labute approximate surface area is 145 Å². The van der Waals surface area contributed by atoms with E-state index in [-0.39, 0.29) is 18.3 Å². The van der Waals surface area contributed by atoms with Gasteiger partial charge in [-0.15, -0.1) is 0 Å². The van der Waals surface area contributed by atoms with Crippen LogP contribution >= 0.6 is 0 Å². The molecule has 0 bridgehead atoms. The Morgan fingerprint density at radius 1 is 1.04 bits per heavy atom. The molecule has 0 unspecified atom stereocenters. The predicted molar refractivity (Wildman–Crippen MR) is 91.2 cm³/mol. The van der Waals surface area contributed by atoms with Crippen molar-refractivity contribution in [2.75, 3.05) is 6.61 Å². The Hall–Kier alpha value is -3.15.